The van der Waals surface area contributed by atoms with Crippen LogP contribution in [0.15, 0.2) is 0 Å². The fourth-order valence-corrected chi connectivity index (χ4v) is 2.39. The Labute approximate surface area is 158 Å². The van der Waals surface area contributed by atoms with Crippen LogP contribution in [0.3, 0.4) is 0 Å². The van der Waals surface area contributed by atoms with Crippen molar-refractivity contribution in [3.05, 3.63) is 0 Å². The number of rotatable bonds is 13. The third kappa shape index (κ3) is 12.5. The molecular weight excluding hydrogens is 381 g/mol. The van der Waals surface area contributed by atoms with Crippen molar-refractivity contribution in [1.29, 1.82) is 0 Å². The van der Waals surface area contributed by atoms with Crippen LogP contribution in [0.4, 0.5) is 0 Å². The summed E-state index contributed by atoms with van der Waals surface area (Å²) in [5.41, 5.74) is -1.25. The molecule has 12 heteroatoms. The number of amides is 3. The largest absolute Gasteiger partial charge is 0.469 e. The van der Waals surface area contributed by atoms with Crippen molar-refractivity contribution in [1.82, 2.24) is 16.0 Å². The second kappa shape index (κ2) is 12.0. The minimum atomic E-state index is -4.71. The van der Waals surface area contributed by atoms with Gasteiger partial charge in [0.2, 0.25) is 17.7 Å². The Hall–Kier alpha value is -1.52. The van der Waals surface area contributed by atoms with Gasteiger partial charge in [-0.3, -0.25) is 18.9 Å². The molecule has 27 heavy (non-hydrogen) atoms. The van der Waals surface area contributed by atoms with Crippen molar-refractivity contribution >= 4 is 25.5 Å². The molecule has 0 unspecified atom stereocenters. The summed E-state index contributed by atoms with van der Waals surface area (Å²) in [7, 11) is -4.71. The van der Waals surface area contributed by atoms with Crippen LogP contribution in [0.25, 0.3) is 0 Å². The van der Waals surface area contributed by atoms with Crippen molar-refractivity contribution in [2.24, 2.45) is 5.41 Å². The van der Waals surface area contributed by atoms with E-state index in [9.17, 15) is 24.1 Å². The number of phosphoric ester groups is 1. The summed E-state index contributed by atoms with van der Waals surface area (Å²) >= 11 is 0. The van der Waals surface area contributed by atoms with E-state index in [0.29, 0.717) is 13.0 Å². The number of phosphoric acid groups is 1. The van der Waals surface area contributed by atoms with Crippen molar-refractivity contribution in [3.8, 4) is 0 Å². The summed E-state index contributed by atoms with van der Waals surface area (Å²) in [6, 6.07) is 0. The lowest BCUT2D eigenvalue weighted by Crippen LogP contribution is -2.46. The van der Waals surface area contributed by atoms with Crippen LogP contribution >= 0.6 is 7.82 Å². The van der Waals surface area contributed by atoms with Crippen LogP contribution in [0, 0.1) is 5.41 Å². The molecule has 158 valence electrons. The summed E-state index contributed by atoms with van der Waals surface area (Å²) < 4.78 is 15.0. The Morgan fingerprint density at radius 2 is 1.52 bits per heavy atom. The minimum absolute atomic E-state index is 0.0270. The van der Waals surface area contributed by atoms with Gasteiger partial charge in [-0.15, -0.1) is 0 Å². The SMILES string of the molecule is CCCC(=O)NCCNC(=O)CCNC(=O)[C@H](O)C(C)(C)COP(=O)(O)O. The molecule has 0 heterocycles. The molecule has 3 amide bonds. The number of hydrogen-bond donors (Lipinski definition) is 6. The first-order chi connectivity index (χ1) is 12.4. The highest BCUT2D eigenvalue weighted by atomic mass is 31.2. The monoisotopic (exact) mass is 411 g/mol. The minimum Gasteiger partial charge on any atom is -0.383 e. The zero-order valence-electron chi connectivity index (χ0n) is 15.9. The molecule has 0 aliphatic rings. The molecule has 0 radical (unpaired) electrons. The fourth-order valence-electron chi connectivity index (χ4n) is 1.89. The number of aliphatic hydroxyl groups excluding tert-OH is 1. The molecule has 0 saturated heterocycles. The molecule has 0 aromatic heterocycles. The van der Waals surface area contributed by atoms with E-state index in [1.165, 1.54) is 13.8 Å². The van der Waals surface area contributed by atoms with E-state index in [4.69, 9.17) is 9.79 Å². The standard InChI is InChI=1S/C15H30N3O8P/c1-4-5-11(19)16-8-9-17-12(20)6-7-18-14(22)13(21)15(2,3)10-26-27(23,24)25/h13,21H,4-10H2,1-3H3,(H,16,19)(H,17,20)(H,18,22)(H2,23,24,25)/t13-/m0/s1. The van der Waals surface area contributed by atoms with Gasteiger partial charge in [-0.1, -0.05) is 20.8 Å². The summed E-state index contributed by atoms with van der Waals surface area (Å²) in [5, 5.41) is 17.6. The van der Waals surface area contributed by atoms with Crippen LogP contribution in [0.5, 0.6) is 0 Å². The average Bonchev–Trinajstić information content (AvgIpc) is 2.56. The Balaban J connectivity index is 4.07. The molecule has 0 fully saturated rings. The van der Waals surface area contributed by atoms with Gasteiger partial charge in [-0.25, -0.2) is 4.57 Å². The van der Waals surface area contributed by atoms with Crippen LogP contribution in [0.2, 0.25) is 0 Å². The van der Waals surface area contributed by atoms with E-state index >= 15 is 0 Å². The van der Waals surface area contributed by atoms with Crippen LogP contribution in [-0.4, -0.2) is 65.0 Å². The highest BCUT2D eigenvalue weighted by Crippen LogP contribution is 2.38. The number of hydrogen-bond acceptors (Lipinski definition) is 6. The maximum Gasteiger partial charge on any atom is 0.469 e. The predicted molar refractivity (Wildman–Crippen MR) is 96.3 cm³/mol. The van der Waals surface area contributed by atoms with Gasteiger partial charge in [-0.2, -0.15) is 0 Å². The van der Waals surface area contributed by atoms with Gasteiger partial charge in [-0.05, 0) is 6.42 Å². The third-order valence-corrected chi connectivity index (χ3v) is 3.96. The lowest BCUT2D eigenvalue weighted by atomic mass is 9.87. The zero-order valence-corrected chi connectivity index (χ0v) is 16.8. The van der Waals surface area contributed by atoms with Crippen molar-refractivity contribution < 1.29 is 38.4 Å². The highest BCUT2D eigenvalue weighted by Gasteiger charge is 2.35. The van der Waals surface area contributed by atoms with E-state index in [-0.39, 0.29) is 31.3 Å². The van der Waals surface area contributed by atoms with Gasteiger partial charge in [0.25, 0.3) is 0 Å². The molecule has 0 rings (SSSR count). The predicted octanol–water partition coefficient (Wildman–Crippen LogP) is -0.978. The number of carbonyl (C=O) groups is 3. The summed E-state index contributed by atoms with van der Waals surface area (Å²) in [4.78, 5) is 52.1. The summed E-state index contributed by atoms with van der Waals surface area (Å²) in [5.74, 6) is -1.20. The lowest BCUT2D eigenvalue weighted by molar-refractivity contribution is -0.137. The van der Waals surface area contributed by atoms with Crippen molar-refractivity contribution in [2.45, 2.75) is 46.1 Å². The second-order valence-electron chi connectivity index (χ2n) is 6.65. The first-order valence-electron chi connectivity index (χ1n) is 8.58. The van der Waals surface area contributed by atoms with Gasteiger partial charge < -0.3 is 30.8 Å². The van der Waals surface area contributed by atoms with E-state index in [0.717, 1.165) is 6.42 Å². The molecule has 0 aromatic rings. The molecule has 0 bridgehead atoms. The smallest absolute Gasteiger partial charge is 0.383 e. The quantitative estimate of drug-likeness (QED) is 0.166. The molecular formula is C15H30N3O8P. The maximum absolute atomic E-state index is 11.9. The molecule has 0 saturated carbocycles. The maximum atomic E-state index is 11.9. The van der Waals surface area contributed by atoms with Gasteiger partial charge >= 0.3 is 7.82 Å². The number of nitrogens with one attached hydrogen (secondary N) is 3. The van der Waals surface area contributed by atoms with E-state index < -0.39 is 31.9 Å². The van der Waals surface area contributed by atoms with Crippen molar-refractivity contribution in [2.75, 3.05) is 26.2 Å². The average molecular weight is 411 g/mol. The first kappa shape index (κ1) is 25.5. The first-order valence-corrected chi connectivity index (χ1v) is 10.1. The Morgan fingerprint density at radius 3 is 2.00 bits per heavy atom. The van der Waals surface area contributed by atoms with Crippen molar-refractivity contribution in [3.63, 3.8) is 0 Å². The van der Waals surface area contributed by atoms with Gasteiger partial charge in [0.15, 0.2) is 0 Å². The highest BCUT2D eigenvalue weighted by molar-refractivity contribution is 7.46. The Kier molecular flexibility index (Phi) is 11.4. The lowest BCUT2D eigenvalue weighted by Gasteiger charge is -2.29. The second-order valence-corrected chi connectivity index (χ2v) is 7.89. The van der Waals surface area contributed by atoms with Crippen LogP contribution < -0.4 is 16.0 Å². The molecule has 0 aromatic carbocycles. The molecule has 0 aliphatic heterocycles. The topological polar surface area (TPSA) is 174 Å². The molecule has 1 atom stereocenters. The Morgan fingerprint density at radius 1 is 1.00 bits per heavy atom. The van der Waals surface area contributed by atoms with E-state index in [1.807, 2.05) is 6.92 Å². The molecule has 0 spiro atoms. The van der Waals surface area contributed by atoms with Gasteiger partial charge in [0.1, 0.15) is 6.10 Å². The molecule has 0 aliphatic carbocycles. The zero-order chi connectivity index (χ0) is 21.1. The summed E-state index contributed by atoms with van der Waals surface area (Å²) in [6.45, 7) is 4.72. The van der Waals surface area contributed by atoms with Gasteiger partial charge in [0, 0.05) is 37.9 Å². The third-order valence-electron chi connectivity index (χ3n) is 3.49. The molecule has 6 N–H and O–H groups in total. The van der Waals surface area contributed by atoms with Gasteiger partial charge in [0.05, 0.1) is 6.61 Å². The normalized spacial score (nSPS) is 13.0. The van der Waals surface area contributed by atoms with Crippen LogP contribution in [-0.2, 0) is 23.5 Å². The van der Waals surface area contributed by atoms with E-state index in [2.05, 4.69) is 20.5 Å². The number of aliphatic hydroxyl groups is 1. The van der Waals surface area contributed by atoms with Crippen LogP contribution in [0.1, 0.15) is 40.0 Å². The fraction of sp³-hybridized carbons (Fsp3) is 0.800. The molecule has 11 nitrogen and oxygen atoms in total. The summed E-state index contributed by atoms with van der Waals surface area (Å²) in [6.07, 6.45) is -0.439. The number of carbonyl (C=O) groups excluding carboxylic acids is 3. The van der Waals surface area contributed by atoms with E-state index in [1.54, 1.807) is 0 Å². The Bertz CT molecular complexity index is 549.